The van der Waals surface area contributed by atoms with Crippen molar-refractivity contribution in [3.63, 3.8) is 0 Å². The van der Waals surface area contributed by atoms with Gasteiger partial charge >= 0.3 is 0 Å². The van der Waals surface area contributed by atoms with E-state index in [1.807, 2.05) is 4.90 Å². The molecule has 1 unspecified atom stereocenters. The van der Waals surface area contributed by atoms with E-state index in [1.165, 1.54) is 6.33 Å². The second kappa shape index (κ2) is 7.33. The van der Waals surface area contributed by atoms with Crippen LogP contribution in [0.4, 0.5) is 0 Å². The molecule has 4 rings (SSSR count). The van der Waals surface area contributed by atoms with Crippen LogP contribution in [0.1, 0.15) is 36.0 Å². The first-order chi connectivity index (χ1) is 12.7. The maximum Gasteiger partial charge on any atom is 0.256 e. The van der Waals surface area contributed by atoms with Gasteiger partial charge in [0.2, 0.25) is 5.88 Å². The standard InChI is InChI=1S/C18H21N5O3/c24-17(14-10-20-13-21-11-14)23-6-2-18(3-7-23)9-15(1-8-25-18)26-16-12-19-4-5-22-16/h4-5,10-13,15H,1-3,6-9H2. The molecule has 26 heavy (non-hydrogen) atoms. The number of hydrogen-bond acceptors (Lipinski definition) is 7. The Balaban J connectivity index is 1.36. The van der Waals surface area contributed by atoms with Crippen LogP contribution in [0.5, 0.6) is 5.88 Å². The van der Waals surface area contributed by atoms with Gasteiger partial charge in [0.05, 0.1) is 24.0 Å². The summed E-state index contributed by atoms with van der Waals surface area (Å²) in [5, 5.41) is 0. The summed E-state index contributed by atoms with van der Waals surface area (Å²) in [5.41, 5.74) is 0.298. The fourth-order valence-electron chi connectivity index (χ4n) is 3.66. The van der Waals surface area contributed by atoms with Gasteiger partial charge < -0.3 is 14.4 Å². The van der Waals surface area contributed by atoms with E-state index in [-0.39, 0.29) is 17.6 Å². The topological polar surface area (TPSA) is 90.3 Å². The second-order valence-corrected chi connectivity index (χ2v) is 6.73. The molecule has 2 aromatic heterocycles. The summed E-state index contributed by atoms with van der Waals surface area (Å²) < 4.78 is 12.1. The molecule has 8 nitrogen and oxygen atoms in total. The number of likely N-dealkylation sites (tertiary alicyclic amines) is 1. The molecule has 0 radical (unpaired) electrons. The molecule has 2 fully saturated rings. The van der Waals surface area contributed by atoms with Gasteiger partial charge in [-0.15, -0.1) is 0 Å². The summed E-state index contributed by atoms with van der Waals surface area (Å²) in [6, 6.07) is 0. The third kappa shape index (κ3) is 3.65. The molecule has 2 saturated heterocycles. The molecule has 0 aliphatic carbocycles. The van der Waals surface area contributed by atoms with Crippen LogP contribution in [-0.4, -0.2) is 62.1 Å². The first kappa shape index (κ1) is 16.8. The Hall–Kier alpha value is -2.61. The lowest BCUT2D eigenvalue weighted by molar-refractivity contribution is -0.135. The zero-order chi connectivity index (χ0) is 17.8. The average Bonchev–Trinajstić information content (AvgIpc) is 2.70. The number of piperidine rings is 1. The van der Waals surface area contributed by atoms with Crippen LogP contribution < -0.4 is 4.74 Å². The van der Waals surface area contributed by atoms with Crippen molar-refractivity contribution >= 4 is 5.91 Å². The molecule has 4 heterocycles. The van der Waals surface area contributed by atoms with E-state index >= 15 is 0 Å². The molecule has 8 heteroatoms. The van der Waals surface area contributed by atoms with Crippen molar-refractivity contribution in [2.75, 3.05) is 19.7 Å². The summed E-state index contributed by atoms with van der Waals surface area (Å²) >= 11 is 0. The van der Waals surface area contributed by atoms with Crippen molar-refractivity contribution in [1.82, 2.24) is 24.8 Å². The largest absolute Gasteiger partial charge is 0.473 e. The van der Waals surface area contributed by atoms with E-state index in [9.17, 15) is 4.79 Å². The zero-order valence-electron chi connectivity index (χ0n) is 14.5. The van der Waals surface area contributed by atoms with Crippen LogP contribution in [0.25, 0.3) is 0 Å². The Morgan fingerprint density at radius 1 is 1.15 bits per heavy atom. The van der Waals surface area contributed by atoms with Gasteiger partial charge in [-0.25, -0.2) is 15.0 Å². The highest BCUT2D eigenvalue weighted by atomic mass is 16.5. The summed E-state index contributed by atoms with van der Waals surface area (Å²) in [6.07, 6.45) is 12.7. The Kier molecular flexibility index (Phi) is 4.75. The van der Waals surface area contributed by atoms with Crippen LogP contribution in [0.3, 0.4) is 0 Å². The number of hydrogen-bond donors (Lipinski definition) is 0. The summed E-state index contributed by atoms with van der Waals surface area (Å²) in [4.78, 5) is 30.5. The molecule has 136 valence electrons. The summed E-state index contributed by atoms with van der Waals surface area (Å²) in [5.74, 6) is 0.523. The minimum absolute atomic E-state index is 0.0244. The highest BCUT2D eigenvalue weighted by Crippen LogP contribution is 2.36. The van der Waals surface area contributed by atoms with Crippen LogP contribution in [-0.2, 0) is 4.74 Å². The maximum atomic E-state index is 12.5. The third-order valence-corrected chi connectivity index (χ3v) is 5.04. The van der Waals surface area contributed by atoms with Crippen molar-refractivity contribution in [3.05, 3.63) is 42.9 Å². The number of nitrogens with zero attached hydrogens (tertiary/aromatic N) is 5. The monoisotopic (exact) mass is 355 g/mol. The van der Waals surface area contributed by atoms with Crippen molar-refractivity contribution in [2.45, 2.75) is 37.4 Å². The number of amides is 1. The third-order valence-electron chi connectivity index (χ3n) is 5.04. The summed E-state index contributed by atoms with van der Waals surface area (Å²) in [6.45, 7) is 1.97. The molecule has 1 spiro atoms. The van der Waals surface area contributed by atoms with Gasteiger partial charge in [-0.1, -0.05) is 0 Å². The van der Waals surface area contributed by atoms with Crippen molar-refractivity contribution in [2.24, 2.45) is 0 Å². The molecule has 1 atom stereocenters. The zero-order valence-corrected chi connectivity index (χ0v) is 14.5. The Morgan fingerprint density at radius 2 is 1.96 bits per heavy atom. The predicted octanol–water partition coefficient (Wildman–Crippen LogP) is 1.50. The van der Waals surface area contributed by atoms with Crippen LogP contribution >= 0.6 is 0 Å². The fraction of sp³-hybridized carbons (Fsp3) is 0.500. The smallest absolute Gasteiger partial charge is 0.256 e. The molecule has 0 aromatic carbocycles. The number of aromatic nitrogens is 4. The molecule has 0 N–H and O–H groups in total. The van der Waals surface area contributed by atoms with Crippen LogP contribution in [0.15, 0.2) is 37.3 Å². The van der Waals surface area contributed by atoms with Crippen molar-refractivity contribution in [1.29, 1.82) is 0 Å². The molecular weight excluding hydrogens is 334 g/mol. The second-order valence-electron chi connectivity index (χ2n) is 6.73. The lowest BCUT2D eigenvalue weighted by Gasteiger charge is -2.45. The molecule has 1 amide bonds. The van der Waals surface area contributed by atoms with Gasteiger partial charge in [0.1, 0.15) is 12.4 Å². The molecule has 2 aliphatic heterocycles. The summed E-state index contributed by atoms with van der Waals surface area (Å²) in [7, 11) is 0. The van der Waals surface area contributed by atoms with E-state index in [4.69, 9.17) is 9.47 Å². The van der Waals surface area contributed by atoms with Crippen molar-refractivity contribution in [3.8, 4) is 5.88 Å². The number of carbonyl (C=O) groups excluding carboxylic acids is 1. The minimum Gasteiger partial charge on any atom is -0.473 e. The van der Waals surface area contributed by atoms with Crippen molar-refractivity contribution < 1.29 is 14.3 Å². The first-order valence-electron chi connectivity index (χ1n) is 8.85. The van der Waals surface area contributed by atoms with E-state index in [0.717, 1.165) is 25.7 Å². The number of ether oxygens (including phenoxy) is 2. The Bertz CT molecular complexity index is 735. The minimum atomic E-state index is -0.227. The van der Waals surface area contributed by atoms with Crippen LogP contribution in [0.2, 0.25) is 0 Å². The molecule has 0 bridgehead atoms. The lowest BCUT2D eigenvalue weighted by atomic mass is 9.83. The van der Waals surface area contributed by atoms with Gasteiger partial charge in [0, 0.05) is 50.7 Å². The SMILES string of the molecule is O=C(c1cncnc1)N1CCC2(CC1)CC(Oc1cnccn1)CCO2. The normalized spacial score (nSPS) is 22.2. The predicted molar refractivity (Wildman–Crippen MR) is 91.5 cm³/mol. The van der Waals surface area contributed by atoms with Gasteiger partial charge in [0.15, 0.2) is 0 Å². The van der Waals surface area contributed by atoms with E-state index < -0.39 is 0 Å². The number of rotatable bonds is 3. The van der Waals surface area contributed by atoms with E-state index in [2.05, 4.69) is 19.9 Å². The maximum absolute atomic E-state index is 12.5. The highest BCUT2D eigenvalue weighted by molar-refractivity contribution is 5.93. The molecular formula is C18H21N5O3. The lowest BCUT2D eigenvalue weighted by Crippen LogP contribution is -2.52. The van der Waals surface area contributed by atoms with Gasteiger partial charge in [-0.3, -0.25) is 9.78 Å². The van der Waals surface area contributed by atoms with Gasteiger partial charge in [0.25, 0.3) is 5.91 Å². The highest BCUT2D eigenvalue weighted by Gasteiger charge is 2.42. The molecule has 0 saturated carbocycles. The average molecular weight is 355 g/mol. The number of carbonyl (C=O) groups is 1. The van der Waals surface area contributed by atoms with Gasteiger partial charge in [-0.2, -0.15) is 0 Å². The van der Waals surface area contributed by atoms with E-state index in [1.54, 1.807) is 31.0 Å². The molecule has 2 aliphatic rings. The fourth-order valence-corrected chi connectivity index (χ4v) is 3.66. The van der Waals surface area contributed by atoms with Crippen LogP contribution in [0, 0.1) is 0 Å². The quantitative estimate of drug-likeness (QED) is 0.824. The first-order valence-corrected chi connectivity index (χ1v) is 8.85. The molecule has 2 aromatic rings. The Morgan fingerprint density at radius 3 is 2.69 bits per heavy atom. The Labute approximate surface area is 151 Å². The van der Waals surface area contributed by atoms with E-state index in [0.29, 0.717) is 31.1 Å². The van der Waals surface area contributed by atoms with Gasteiger partial charge in [-0.05, 0) is 12.8 Å².